The molecule has 130 valence electrons. The van der Waals surface area contributed by atoms with Gasteiger partial charge in [-0.25, -0.2) is 8.78 Å². The molecular formula is C19H13F2N3O2. The zero-order valence-electron chi connectivity index (χ0n) is 13.4. The molecule has 1 N–H and O–H groups in total. The van der Waals surface area contributed by atoms with E-state index in [9.17, 15) is 8.78 Å². The van der Waals surface area contributed by atoms with Crippen molar-refractivity contribution in [2.75, 3.05) is 5.32 Å². The summed E-state index contributed by atoms with van der Waals surface area (Å²) in [5.74, 6) is -0.484. The molecule has 0 aliphatic heterocycles. The smallest absolute Gasteiger partial charge is 0.185 e. The summed E-state index contributed by atoms with van der Waals surface area (Å²) in [6.07, 6.45) is 3.29. The summed E-state index contributed by atoms with van der Waals surface area (Å²) in [6.45, 7) is -0.255. The third kappa shape index (κ3) is 3.06. The topological polar surface area (TPSA) is 60.2 Å². The Kier molecular flexibility index (Phi) is 4.18. The summed E-state index contributed by atoms with van der Waals surface area (Å²) in [5, 5.41) is 7.67. The lowest BCUT2D eigenvalue weighted by molar-refractivity contribution is 0.296. The van der Waals surface area contributed by atoms with Crippen molar-refractivity contribution in [3.8, 4) is 5.75 Å². The third-order valence-electron chi connectivity index (χ3n) is 3.82. The maximum absolute atomic E-state index is 13.8. The van der Waals surface area contributed by atoms with Crippen LogP contribution in [0.3, 0.4) is 0 Å². The van der Waals surface area contributed by atoms with Gasteiger partial charge in [-0.15, -0.1) is 0 Å². The van der Waals surface area contributed by atoms with Gasteiger partial charge in [-0.05, 0) is 36.4 Å². The van der Waals surface area contributed by atoms with E-state index in [2.05, 4.69) is 15.5 Å². The van der Waals surface area contributed by atoms with E-state index in [1.54, 1.807) is 36.7 Å². The highest BCUT2D eigenvalue weighted by molar-refractivity contribution is 5.95. The van der Waals surface area contributed by atoms with Gasteiger partial charge in [-0.1, -0.05) is 17.3 Å². The van der Waals surface area contributed by atoms with Crippen molar-refractivity contribution in [1.82, 2.24) is 10.1 Å². The highest BCUT2D eigenvalue weighted by Crippen LogP contribution is 2.34. The minimum atomic E-state index is -0.656. The average Bonchev–Trinajstić information content (AvgIpc) is 3.06. The van der Waals surface area contributed by atoms with Gasteiger partial charge in [0.05, 0.1) is 17.4 Å². The Morgan fingerprint density at radius 3 is 2.58 bits per heavy atom. The molecule has 0 fully saturated rings. The zero-order valence-corrected chi connectivity index (χ0v) is 13.4. The Morgan fingerprint density at radius 2 is 1.81 bits per heavy atom. The van der Waals surface area contributed by atoms with Gasteiger partial charge in [0.25, 0.3) is 0 Å². The Labute approximate surface area is 147 Å². The molecule has 4 aromatic rings. The molecule has 4 rings (SSSR count). The Bertz CT molecular complexity index is 1030. The van der Waals surface area contributed by atoms with Crippen molar-refractivity contribution in [2.24, 2.45) is 0 Å². The normalized spacial score (nSPS) is 10.8. The van der Waals surface area contributed by atoms with Crippen molar-refractivity contribution >= 4 is 22.5 Å². The van der Waals surface area contributed by atoms with Crippen LogP contribution in [-0.4, -0.2) is 10.1 Å². The SMILES string of the molecule is Fc1cccc(F)c1COc1cccc2onc(Nc3cccnc3)c12. The fourth-order valence-electron chi connectivity index (χ4n) is 2.56. The quantitative estimate of drug-likeness (QED) is 0.557. The fraction of sp³-hybridized carbons (Fsp3) is 0.0526. The van der Waals surface area contributed by atoms with Crippen molar-refractivity contribution < 1.29 is 18.0 Å². The molecule has 0 unspecified atom stereocenters. The second kappa shape index (κ2) is 6.79. The van der Waals surface area contributed by atoms with Crippen LogP contribution in [-0.2, 0) is 6.61 Å². The van der Waals surface area contributed by atoms with E-state index in [1.165, 1.54) is 18.2 Å². The first-order chi connectivity index (χ1) is 12.7. The average molecular weight is 353 g/mol. The van der Waals surface area contributed by atoms with Gasteiger partial charge < -0.3 is 14.6 Å². The molecule has 0 radical (unpaired) electrons. The Morgan fingerprint density at radius 1 is 1.00 bits per heavy atom. The second-order valence-electron chi connectivity index (χ2n) is 5.52. The molecule has 0 aliphatic rings. The first-order valence-corrected chi connectivity index (χ1v) is 7.83. The van der Waals surface area contributed by atoms with Crippen LogP contribution in [0, 0.1) is 11.6 Å². The summed E-state index contributed by atoms with van der Waals surface area (Å²) in [5.41, 5.74) is 1.07. The van der Waals surface area contributed by atoms with Crippen molar-refractivity contribution in [2.45, 2.75) is 6.61 Å². The van der Waals surface area contributed by atoms with Crippen LogP contribution >= 0.6 is 0 Å². The highest BCUT2D eigenvalue weighted by Gasteiger charge is 2.16. The number of pyridine rings is 1. The summed E-state index contributed by atoms with van der Waals surface area (Å²) >= 11 is 0. The van der Waals surface area contributed by atoms with Gasteiger partial charge in [-0.3, -0.25) is 4.98 Å². The maximum Gasteiger partial charge on any atom is 0.185 e. The lowest BCUT2D eigenvalue weighted by Crippen LogP contribution is -2.02. The molecule has 0 saturated heterocycles. The summed E-state index contributed by atoms with van der Waals surface area (Å²) < 4.78 is 38.6. The van der Waals surface area contributed by atoms with E-state index in [4.69, 9.17) is 9.26 Å². The summed E-state index contributed by atoms with van der Waals surface area (Å²) in [4.78, 5) is 4.03. The monoisotopic (exact) mass is 353 g/mol. The number of nitrogens with one attached hydrogen (secondary N) is 1. The molecule has 0 spiro atoms. The van der Waals surface area contributed by atoms with E-state index in [0.717, 1.165) is 5.69 Å². The van der Waals surface area contributed by atoms with Crippen molar-refractivity contribution in [1.29, 1.82) is 0 Å². The van der Waals surface area contributed by atoms with Crippen LogP contribution in [0.5, 0.6) is 5.75 Å². The maximum atomic E-state index is 13.8. The van der Waals surface area contributed by atoms with E-state index in [-0.39, 0.29) is 12.2 Å². The molecule has 2 heterocycles. The number of hydrogen-bond donors (Lipinski definition) is 1. The van der Waals surface area contributed by atoms with Crippen LogP contribution < -0.4 is 10.1 Å². The lowest BCUT2D eigenvalue weighted by Gasteiger charge is -2.10. The first-order valence-electron chi connectivity index (χ1n) is 7.83. The van der Waals surface area contributed by atoms with Crippen LogP contribution in [0.15, 0.2) is 65.4 Å². The largest absolute Gasteiger partial charge is 0.488 e. The minimum Gasteiger partial charge on any atom is -0.488 e. The van der Waals surface area contributed by atoms with E-state index in [1.807, 2.05) is 6.07 Å². The van der Waals surface area contributed by atoms with Gasteiger partial charge in [0, 0.05) is 6.20 Å². The fourth-order valence-corrected chi connectivity index (χ4v) is 2.56. The molecule has 0 atom stereocenters. The zero-order chi connectivity index (χ0) is 17.9. The van der Waals surface area contributed by atoms with Gasteiger partial charge >= 0.3 is 0 Å². The van der Waals surface area contributed by atoms with Crippen molar-refractivity contribution in [3.05, 3.63) is 78.1 Å². The number of hydrogen-bond acceptors (Lipinski definition) is 5. The molecule has 0 amide bonds. The van der Waals surface area contributed by atoms with E-state index < -0.39 is 11.6 Å². The van der Waals surface area contributed by atoms with Crippen LogP contribution in [0.2, 0.25) is 0 Å². The molecular weight excluding hydrogens is 340 g/mol. The van der Waals surface area contributed by atoms with Gasteiger partial charge in [0.2, 0.25) is 0 Å². The Balaban J connectivity index is 1.66. The number of benzene rings is 2. The first kappa shape index (κ1) is 16.0. The van der Waals surface area contributed by atoms with Gasteiger partial charge in [-0.2, -0.15) is 0 Å². The van der Waals surface area contributed by atoms with Crippen LogP contribution in [0.25, 0.3) is 11.0 Å². The van der Waals surface area contributed by atoms with Crippen molar-refractivity contribution in [3.63, 3.8) is 0 Å². The highest BCUT2D eigenvalue weighted by atomic mass is 19.1. The molecule has 0 bridgehead atoms. The van der Waals surface area contributed by atoms with E-state index >= 15 is 0 Å². The molecule has 26 heavy (non-hydrogen) atoms. The lowest BCUT2D eigenvalue weighted by atomic mass is 10.2. The molecule has 2 aromatic heterocycles. The number of rotatable bonds is 5. The standard InChI is InChI=1S/C19H13F2N3O2/c20-14-5-1-6-15(21)13(14)11-25-16-7-2-8-17-18(16)19(24-26-17)23-12-4-3-9-22-10-12/h1-10H,11H2,(H,23,24). The number of halogens is 2. The summed E-state index contributed by atoms with van der Waals surface area (Å²) in [6, 6.07) is 12.4. The number of anilines is 2. The van der Waals surface area contributed by atoms with Gasteiger partial charge in [0.1, 0.15) is 29.4 Å². The van der Waals surface area contributed by atoms with Crippen LogP contribution in [0.1, 0.15) is 5.56 Å². The van der Waals surface area contributed by atoms with E-state index in [0.29, 0.717) is 22.5 Å². The van der Waals surface area contributed by atoms with Crippen LogP contribution in [0.4, 0.5) is 20.3 Å². The Hall–Kier alpha value is -3.48. The molecule has 5 nitrogen and oxygen atoms in total. The molecule has 2 aromatic carbocycles. The summed E-state index contributed by atoms with van der Waals surface area (Å²) in [7, 11) is 0. The number of ether oxygens (including phenoxy) is 1. The number of nitrogens with zero attached hydrogens (tertiary/aromatic N) is 2. The predicted octanol–water partition coefficient (Wildman–Crippen LogP) is 4.82. The molecule has 7 heteroatoms. The molecule has 0 saturated carbocycles. The number of fused-ring (bicyclic) bond motifs is 1. The number of aromatic nitrogens is 2. The molecule has 0 aliphatic carbocycles. The minimum absolute atomic E-state index is 0.136. The third-order valence-corrected chi connectivity index (χ3v) is 3.82. The van der Waals surface area contributed by atoms with Gasteiger partial charge in [0.15, 0.2) is 11.4 Å². The second-order valence-corrected chi connectivity index (χ2v) is 5.52. The predicted molar refractivity (Wildman–Crippen MR) is 92.2 cm³/mol.